The Bertz CT molecular complexity index is 1090. The highest BCUT2D eigenvalue weighted by molar-refractivity contribution is 6.36. The first-order valence-corrected chi connectivity index (χ1v) is 9.82. The van der Waals surface area contributed by atoms with Gasteiger partial charge in [0.2, 0.25) is 11.7 Å². The average Bonchev–Trinajstić information content (AvgIpc) is 3.10. The van der Waals surface area contributed by atoms with Crippen LogP contribution in [0.4, 0.5) is 0 Å². The quantitative estimate of drug-likeness (QED) is 0.234. The third-order valence-electron chi connectivity index (χ3n) is 4.98. The molecule has 0 fully saturated rings. The van der Waals surface area contributed by atoms with Crippen LogP contribution in [0.5, 0.6) is 5.88 Å². The van der Waals surface area contributed by atoms with Crippen molar-refractivity contribution >= 4 is 23.6 Å². The van der Waals surface area contributed by atoms with Crippen LogP contribution in [0.2, 0.25) is 0 Å². The Morgan fingerprint density at radius 1 is 1.13 bits per heavy atom. The first-order valence-electron chi connectivity index (χ1n) is 9.82. The lowest BCUT2D eigenvalue weighted by Gasteiger charge is -2.11. The Kier molecular flexibility index (Phi) is 6.61. The Labute approximate surface area is 174 Å². The van der Waals surface area contributed by atoms with Crippen LogP contribution >= 0.6 is 0 Å². The van der Waals surface area contributed by atoms with Crippen LogP contribution in [0.1, 0.15) is 46.7 Å². The molecule has 0 amide bonds. The van der Waals surface area contributed by atoms with E-state index in [1.165, 1.54) is 7.11 Å². The molecule has 0 saturated carbocycles. The zero-order valence-corrected chi connectivity index (χ0v) is 17.3. The van der Waals surface area contributed by atoms with E-state index in [1.807, 2.05) is 54.8 Å². The number of fused-ring (bicyclic) bond motifs is 1. The van der Waals surface area contributed by atoms with Gasteiger partial charge in [0.15, 0.2) is 12.9 Å². The number of ketones is 1. The maximum atomic E-state index is 12.6. The number of nitrogens with zero attached hydrogens (tertiary/aromatic N) is 2. The minimum atomic E-state index is -0.641. The molecule has 0 aliphatic heterocycles. The van der Waals surface area contributed by atoms with Crippen LogP contribution in [-0.2, 0) is 33.6 Å². The van der Waals surface area contributed by atoms with E-state index in [0.29, 0.717) is 31.1 Å². The van der Waals surface area contributed by atoms with Gasteiger partial charge in [-0.3, -0.25) is 9.59 Å². The van der Waals surface area contributed by atoms with Gasteiger partial charge >= 0.3 is 5.97 Å². The zero-order chi connectivity index (χ0) is 21.7. The third-order valence-corrected chi connectivity index (χ3v) is 4.98. The van der Waals surface area contributed by atoms with Gasteiger partial charge in [0.1, 0.15) is 5.52 Å². The van der Waals surface area contributed by atoms with E-state index in [4.69, 9.17) is 4.74 Å². The second-order valence-corrected chi connectivity index (χ2v) is 6.77. The summed E-state index contributed by atoms with van der Waals surface area (Å²) in [6.45, 7) is 3.55. The number of ether oxygens (including phenoxy) is 2. The second-order valence-electron chi connectivity index (χ2n) is 6.77. The minimum absolute atomic E-state index is 0.138. The van der Waals surface area contributed by atoms with Gasteiger partial charge < -0.3 is 13.9 Å². The van der Waals surface area contributed by atoms with Gasteiger partial charge in [0, 0.05) is 18.3 Å². The first-order chi connectivity index (χ1) is 14.5. The van der Waals surface area contributed by atoms with E-state index >= 15 is 0 Å². The predicted molar refractivity (Wildman–Crippen MR) is 111 cm³/mol. The molecule has 0 bridgehead atoms. The van der Waals surface area contributed by atoms with E-state index in [2.05, 4.69) is 9.72 Å². The van der Waals surface area contributed by atoms with Gasteiger partial charge in [0.25, 0.3) is 0 Å². The molecule has 2 aromatic heterocycles. The number of hydrogen-bond donors (Lipinski definition) is 0. The molecule has 30 heavy (non-hydrogen) atoms. The summed E-state index contributed by atoms with van der Waals surface area (Å²) in [5.74, 6) is -1.07. The van der Waals surface area contributed by atoms with Gasteiger partial charge in [-0.05, 0) is 24.0 Å². The van der Waals surface area contributed by atoms with Crippen LogP contribution in [0, 0.1) is 0 Å². The van der Waals surface area contributed by atoms with Crippen LogP contribution in [0.25, 0.3) is 5.52 Å². The van der Waals surface area contributed by atoms with Crippen molar-refractivity contribution in [3.63, 3.8) is 0 Å². The fourth-order valence-electron chi connectivity index (χ4n) is 3.55. The van der Waals surface area contributed by atoms with Crippen molar-refractivity contribution in [2.24, 2.45) is 0 Å². The second kappa shape index (κ2) is 9.35. The molecule has 0 unspecified atom stereocenters. The molecule has 0 aliphatic rings. The summed E-state index contributed by atoms with van der Waals surface area (Å²) in [5, 5.41) is 0. The van der Waals surface area contributed by atoms with Crippen molar-refractivity contribution in [2.75, 3.05) is 13.7 Å². The van der Waals surface area contributed by atoms with Crippen molar-refractivity contribution in [3.8, 4) is 5.88 Å². The number of aldehydes is 1. The molecule has 7 heteroatoms. The lowest BCUT2D eigenvalue weighted by molar-refractivity contribution is -0.143. The van der Waals surface area contributed by atoms with Gasteiger partial charge in [-0.15, -0.1) is 0 Å². The molecule has 156 valence electrons. The van der Waals surface area contributed by atoms with Crippen molar-refractivity contribution in [2.45, 2.75) is 33.1 Å². The highest BCUT2D eigenvalue weighted by Crippen LogP contribution is 2.32. The van der Waals surface area contributed by atoms with Crippen LogP contribution < -0.4 is 4.74 Å². The molecule has 0 saturated heterocycles. The number of benzene rings is 1. The maximum Gasteiger partial charge on any atom is 0.343 e. The summed E-state index contributed by atoms with van der Waals surface area (Å²) in [4.78, 5) is 40.1. The molecule has 0 spiro atoms. The molecular formula is C23H24N2O5. The normalized spacial score (nSPS) is 10.8. The highest BCUT2D eigenvalue weighted by atomic mass is 16.6. The molecular weight excluding hydrogens is 384 g/mol. The van der Waals surface area contributed by atoms with E-state index in [1.54, 1.807) is 0 Å². The van der Waals surface area contributed by atoms with Gasteiger partial charge in [-0.2, -0.15) is 0 Å². The van der Waals surface area contributed by atoms with Gasteiger partial charge in [-0.1, -0.05) is 44.2 Å². The number of carbonyl (C=O) groups is 3. The largest absolute Gasteiger partial charge is 0.466 e. The van der Waals surface area contributed by atoms with E-state index in [-0.39, 0.29) is 18.1 Å². The first kappa shape index (κ1) is 21.2. The molecule has 2 heterocycles. The van der Waals surface area contributed by atoms with Gasteiger partial charge in [-0.25, -0.2) is 9.78 Å². The number of methoxy groups -OCH3 is 1. The monoisotopic (exact) mass is 408 g/mol. The summed E-state index contributed by atoms with van der Waals surface area (Å²) in [6.07, 6.45) is 3.92. The average molecular weight is 408 g/mol. The Morgan fingerprint density at radius 2 is 1.87 bits per heavy atom. The molecule has 3 aromatic rings. The fraction of sp³-hybridized carbons (Fsp3) is 0.304. The smallest absolute Gasteiger partial charge is 0.343 e. The molecule has 1 aromatic carbocycles. The summed E-state index contributed by atoms with van der Waals surface area (Å²) >= 11 is 0. The number of carbonyl (C=O) groups excluding carboxylic acids is 3. The number of rotatable bonds is 9. The number of hydrogen-bond acceptors (Lipinski definition) is 6. The molecule has 7 nitrogen and oxygen atoms in total. The van der Waals surface area contributed by atoms with E-state index in [0.717, 1.165) is 22.5 Å². The van der Waals surface area contributed by atoms with Gasteiger partial charge in [0.05, 0.1) is 18.4 Å². The Morgan fingerprint density at radius 3 is 2.47 bits per heavy atom. The molecule has 0 atom stereocenters. The fourth-order valence-corrected chi connectivity index (χ4v) is 3.55. The molecule has 3 rings (SSSR count). The SMILES string of the molecule is CCc1cn2c(Cc3ccccc3)c(CC)c(C(=O)C=O)c2c(OCC(=O)OC)n1. The standard InChI is InChI=1S/C23H24N2O5/c1-4-16-12-25-18(11-15-9-7-6-8-10-15)17(5-2)21(19(27)13-26)22(25)23(24-16)30-14-20(28)29-3/h6-10,12-13H,4-5,11,14H2,1-3H3. The van der Waals surface area contributed by atoms with Crippen LogP contribution in [0.3, 0.4) is 0 Å². The summed E-state index contributed by atoms with van der Waals surface area (Å²) in [5.41, 5.74) is 4.14. The van der Waals surface area contributed by atoms with E-state index in [9.17, 15) is 14.4 Å². The highest BCUT2D eigenvalue weighted by Gasteiger charge is 2.26. The third kappa shape index (κ3) is 4.10. The topological polar surface area (TPSA) is 87.0 Å². The summed E-state index contributed by atoms with van der Waals surface area (Å²) < 4.78 is 12.2. The lowest BCUT2D eigenvalue weighted by Crippen LogP contribution is -2.15. The minimum Gasteiger partial charge on any atom is -0.466 e. The Balaban J connectivity index is 2.29. The molecule has 0 radical (unpaired) electrons. The Hall–Kier alpha value is -3.48. The van der Waals surface area contributed by atoms with Crippen molar-refractivity contribution in [1.82, 2.24) is 9.38 Å². The lowest BCUT2D eigenvalue weighted by atomic mass is 10.00. The zero-order valence-electron chi connectivity index (χ0n) is 17.3. The predicted octanol–water partition coefficient (Wildman–Crippen LogP) is 2.98. The summed E-state index contributed by atoms with van der Waals surface area (Å²) in [6, 6.07) is 9.88. The van der Waals surface area contributed by atoms with E-state index < -0.39 is 11.8 Å². The number of aromatic nitrogens is 2. The van der Waals surface area contributed by atoms with Crippen molar-refractivity contribution in [1.29, 1.82) is 0 Å². The van der Waals surface area contributed by atoms with Crippen LogP contribution in [-0.4, -0.2) is 41.1 Å². The number of aryl methyl sites for hydroxylation is 1. The number of esters is 1. The summed E-state index contributed by atoms with van der Waals surface area (Å²) in [7, 11) is 1.27. The number of Topliss-reactive ketones (excluding diaryl/α,β-unsaturated/α-hetero) is 1. The molecule has 0 N–H and O–H groups in total. The maximum absolute atomic E-state index is 12.6. The van der Waals surface area contributed by atoms with Crippen molar-refractivity contribution < 1.29 is 23.9 Å². The van der Waals surface area contributed by atoms with Crippen molar-refractivity contribution in [3.05, 3.63) is 64.6 Å². The van der Waals surface area contributed by atoms with Crippen LogP contribution in [0.15, 0.2) is 36.5 Å². The molecule has 0 aliphatic carbocycles.